The van der Waals surface area contributed by atoms with Crippen molar-refractivity contribution < 1.29 is 24.2 Å². The molecule has 2 N–H and O–H groups in total. The zero-order chi connectivity index (χ0) is 20.1. The molecule has 3 rings (SSSR count). The number of hydrogen-bond donors (Lipinski definition) is 2. The van der Waals surface area contributed by atoms with Gasteiger partial charge < -0.3 is 19.3 Å². The van der Waals surface area contributed by atoms with Crippen LogP contribution in [0.5, 0.6) is 11.5 Å². The van der Waals surface area contributed by atoms with E-state index in [4.69, 9.17) is 9.47 Å². The number of nitrogens with one attached hydrogen (secondary N) is 2. The van der Waals surface area contributed by atoms with Crippen molar-refractivity contribution in [2.75, 3.05) is 40.4 Å². The van der Waals surface area contributed by atoms with E-state index in [0.717, 1.165) is 32.7 Å². The molecule has 0 amide bonds. The van der Waals surface area contributed by atoms with Gasteiger partial charge in [0.2, 0.25) is 0 Å². The van der Waals surface area contributed by atoms with Gasteiger partial charge in [-0.25, -0.2) is 0 Å². The smallest absolute Gasteiger partial charge is 0.282 e. The third kappa shape index (κ3) is 4.79. The first kappa shape index (κ1) is 20.1. The number of methoxy groups -OCH3 is 2. The molecule has 0 aliphatic carbocycles. The lowest BCUT2D eigenvalue weighted by atomic mass is 10.1. The number of benzene rings is 2. The Labute approximate surface area is 165 Å². The minimum absolute atomic E-state index is 0.0969. The summed E-state index contributed by atoms with van der Waals surface area (Å²) in [4.78, 5) is 14.1. The molecule has 2 aromatic rings. The van der Waals surface area contributed by atoms with E-state index in [1.165, 1.54) is 29.2 Å². The van der Waals surface area contributed by atoms with E-state index in [-0.39, 0.29) is 10.6 Å². The number of aryl methyl sites for hydroxylation is 1. The molecule has 0 bridgehead atoms. The molecule has 28 heavy (non-hydrogen) atoms. The molecular formula is C21H29N3O4+2. The highest BCUT2D eigenvalue weighted by Gasteiger charge is 2.27. The Balaban J connectivity index is 1.65. The highest BCUT2D eigenvalue weighted by Crippen LogP contribution is 2.34. The molecule has 0 aromatic heterocycles. The molecule has 1 fully saturated rings. The van der Waals surface area contributed by atoms with Gasteiger partial charge in [0.15, 0.2) is 11.5 Å². The number of nitro groups is 1. The van der Waals surface area contributed by atoms with Crippen LogP contribution < -0.4 is 19.3 Å². The summed E-state index contributed by atoms with van der Waals surface area (Å²) in [5.41, 5.74) is 3.45. The normalized spacial score (nSPS) is 19.2. The monoisotopic (exact) mass is 387 g/mol. The standard InChI is InChI=1S/C21H27N3O4/c1-16-5-4-6-17(11-16)14-22-7-9-23(10-8-22)15-18-12-20(27-2)21(28-3)13-19(18)24(25)26/h4-6,11-13H,7-10,14-15H2,1-3H3/p+2. The van der Waals surface area contributed by atoms with Crippen LogP contribution in [0.1, 0.15) is 16.7 Å². The Bertz CT molecular complexity index is 832. The predicted molar refractivity (Wildman–Crippen MR) is 106 cm³/mol. The van der Waals surface area contributed by atoms with Gasteiger partial charge in [-0.05, 0) is 13.0 Å². The van der Waals surface area contributed by atoms with Crippen molar-refractivity contribution in [1.82, 2.24) is 0 Å². The summed E-state index contributed by atoms with van der Waals surface area (Å²) >= 11 is 0. The number of nitro benzene ring substituents is 1. The Kier molecular flexibility index (Phi) is 6.49. The van der Waals surface area contributed by atoms with Gasteiger partial charge in [-0.2, -0.15) is 0 Å². The van der Waals surface area contributed by atoms with Crippen molar-refractivity contribution in [1.29, 1.82) is 0 Å². The maximum absolute atomic E-state index is 11.5. The maximum Gasteiger partial charge on any atom is 0.282 e. The lowest BCUT2D eigenvalue weighted by Gasteiger charge is -2.30. The third-order valence-electron chi connectivity index (χ3n) is 5.42. The zero-order valence-corrected chi connectivity index (χ0v) is 16.8. The van der Waals surface area contributed by atoms with Crippen molar-refractivity contribution in [3.05, 3.63) is 63.2 Å². The third-order valence-corrected chi connectivity index (χ3v) is 5.42. The molecule has 0 saturated carbocycles. The van der Waals surface area contributed by atoms with Crippen molar-refractivity contribution >= 4 is 5.69 Å². The lowest BCUT2D eigenvalue weighted by molar-refractivity contribution is -1.02. The van der Waals surface area contributed by atoms with Crippen LogP contribution in [-0.4, -0.2) is 45.3 Å². The van der Waals surface area contributed by atoms with Gasteiger partial charge in [-0.1, -0.05) is 29.8 Å². The summed E-state index contributed by atoms with van der Waals surface area (Å²) in [6, 6.07) is 11.9. The first-order valence-corrected chi connectivity index (χ1v) is 9.62. The van der Waals surface area contributed by atoms with E-state index in [2.05, 4.69) is 31.2 Å². The molecule has 150 valence electrons. The highest BCUT2D eigenvalue weighted by molar-refractivity contribution is 5.54. The van der Waals surface area contributed by atoms with Gasteiger partial charge in [-0.15, -0.1) is 0 Å². The number of rotatable bonds is 7. The van der Waals surface area contributed by atoms with Gasteiger partial charge in [0.05, 0.1) is 30.8 Å². The number of nitrogens with zero attached hydrogens (tertiary/aromatic N) is 1. The summed E-state index contributed by atoms with van der Waals surface area (Å²) in [6.07, 6.45) is 0. The Hall–Kier alpha value is -2.64. The fourth-order valence-electron chi connectivity index (χ4n) is 3.91. The molecule has 0 spiro atoms. The van der Waals surface area contributed by atoms with Gasteiger partial charge in [0, 0.05) is 5.56 Å². The average Bonchev–Trinajstić information content (AvgIpc) is 2.69. The first-order valence-electron chi connectivity index (χ1n) is 9.62. The summed E-state index contributed by atoms with van der Waals surface area (Å²) in [5.74, 6) is 0.923. The van der Waals surface area contributed by atoms with E-state index in [0.29, 0.717) is 23.6 Å². The molecule has 1 aliphatic heterocycles. The summed E-state index contributed by atoms with van der Waals surface area (Å²) in [6.45, 7) is 7.88. The SMILES string of the molecule is COc1cc(C[NH+]2CC[NH+](Cc3cccc(C)c3)CC2)c([N+](=O)[O-])cc1OC. The van der Waals surface area contributed by atoms with Gasteiger partial charge in [0.25, 0.3) is 5.69 Å². The average molecular weight is 387 g/mol. The van der Waals surface area contributed by atoms with Crippen molar-refractivity contribution in [2.24, 2.45) is 0 Å². The second kappa shape index (κ2) is 9.03. The van der Waals surface area contributed by atoms with E-state index in [9.17, 15) is 10.1 Å². The van der Waals surface area contributed by atoms with Crippen LogP contribution in [0.15, 0.2) is 36.4 Å². The van der Waals surface area contributed by atoms with Crippen LogP contribution in [0.4, 0.5) is 5.69 Å². The van der Waals surface area contributed by atoms with E-state index in [1.54, 1.807) is 18.1 Å². The zero-order valence-electron chi connectivity index (χ0n) is 16.8. The molecule has 0 unspecified atom stereocenters. The summed E-state index contributed by atoms with van der Waals surface area (Å²) in [7, 11) is 3.04. The Morgan fingerprint density at radius 3 is 2.14 bits per heavy atom. The van der Waals surface area contributed by atoms with Gasteiger partial charge >= 0.3 is 0 Å². The van der Waals surface area contributed by atoms with Crippen LogP contribution in [-0.2, 0) is 13.1 Å². The second-order valence-corrected chi connectivity index (χ2v) is 7.44. The number of ether oxygens (including phenoxy) is 2. The minimum Gasteiger partial charge on any atom is -0.493 e. The highest BCUT2D eigenvalue weighted by atomic mass is 16.6. The van der Waals surface area contributed by atoms with Crippen molar-refractivity contribution in [2.45, 2.75) is 20.0 Å². The molecule has 1 heterocycles. The van der Waals surface area contributed by atoms with Crippen LogP contribution in [0.3, 0.4) is 0 Å². The van der Waals surface area contributed by atoms with E-state index < -0.39 is 0 Å². The van der Waals surface area contributed by atoms with Crippen LogP contribution in [0.25, 0.3) is 0 Å². The second-order valence-electron chi connectivity index (χ2n) is 7.44. The maximum atomic E-state index is 11.5. The summed E-state index contributed by atoms with van der Waals surface area (Å²) < 4.78 is 10.5. The quantitative estimate of drug-likeness (QED) is 0.533. The number of hydrogen-bond acceptors (Lipinski definition) is 4. The predicted octanol–water partition coefficient (Wildman–Crippen LogP) is 0.404. The molecule has 2 aromatic carbocycles. The lowest BCUT2D eigenvalue weighted by Crippen LogP contribution is -3.27. The molecule has 1 saturated heterocycles. The van der Waals surface area contributed by atoms with Crippen LogP contribution >= 0.6 is 0 Å². The largest absolute Gasteiger partial charge is 0.493 e. The number of piperazine rings is 1. The fourth-order valence-corrected chi connectivity index (χ4v) is 3.91. The minimum atomic E-state index is -0.337. The van der Waals surface area contributed by atoms with Crippen LogP contribution in [0.2, 0.25) is 0 Å². The topological polar surface area (TPSA) is 70.5 Å². The van der Waals surface area contributed by atoms with E-state index >= 15 is 0 Å². The van der Waals surface area contributed by atoms with Crippen LogP contribution in [0, 0.1) is 17.0 Å². The van der Waals surface area contributed by atoms with Gasteiger partial charge in [0.1, 0.15) is 39.3 Å². The molecule has 0 atom stereocenters. The van der Waals surface area contributed by atoms with Crippen molar-refractivity contribution in [3.63, 3.8) is 0 Å². The van der Waals surface area contributed by atoms with E-state index in [1.807, 2.05) is 0 Å². The van der Waals surface area contributed by atoms with Crippen molar-refractivity contribution in [3.8, 4) is 11.5 Å². The first-order chi connectivity index (χ1) is 13.5. The molecule has 7 heteroatoms. The molecular weight excluding hydrogens is 358 g/mol. The van der Waals surface area contributed by atoms with Gasteiger partial charge in [-0.3, -0.25) is 10.1 Å². The summed E-state index contributed by atoms with van der Waals surface area (Å²) in [5, 5.41) is 11.5. The Morgan fingerprint density at radius 2 is 1.57 bits per heavy atom. The molecule has 0 radical (unpaired) electrons. The molecule has 1 aliphatic rings. The number of quaternary nitrogens is 2. The Morgan fingerprint density at radius 1 is 0.964 bits per heavy atom. The fraction of sp³-hybridized carbons (Fsp3) is 0.429. The molecule has 7 nitrogen and oxygen atoms in total.